The number of rotatable bonds is 5. The molecule has 9 heteroatoms. The first-order chi connectivity index (χ1) is 17.8. The van der Waals surface area contributed by atoms with Crippen molar-refractivity contribution in [3.8, 4) is 16.9 Å². The van der Waals surface area contributed by atoms with Gasteiger partial charge in [-0.2, -0.15) is 0 Å². The Morgan fingerprint density at radius 2 is 1.81 bits per heavy atom. The monoisotopic (exact) mass is 522 g/mol. The van der Waals surface area contributed by atoms with Crippen LogP contribution in [-0.4, -0.2) is 45.0 Å². The first kappa shape index (κ1) is 25.1. The highest BCUT2D eigenvalue weighted by atomic mass is 32.2. The molecule has 0 spiro atoms. The summed E-state index contributed by atoms with van der Waals surface area (Å²) in [6.45, 7) is 1.85. The summed E-state index contributed by atoms with van der Waals surface area (Å²) in [7, 11) is -3.33. The number of fused-ring (bicyclic) bond motifs is 1. The van der Waals surface area contributed by atoms with Gasteiger partial charge in [-0.1, -0.05) is 42.5 Å². The number of sulfone groups is 1. The van der Waals surface area contributed by atoms with Gasteiger partial charge in [0.2, 0.25) is 6.29 Å². The van der Waals surface area contributed by atoms with Gasteiger partial charge < -0.3 is 24.8 Å². The number of nitrogen functional groups attached to an aromatic ring is 1. The molecule has 2 aliphatic heterocycles. The lowest BCUT2D eigenvalue weighted by Crippen LogP contribution is -2.44. The Labute approximate surface area is 216 Å². The van der Waals surface area contributed by atoms with Gasteiger partial charge in [0.1, 0.15) is 12.4 Å². The predicted molar refractivity (Wildman–Crippen MR) is 140 cm³/mol. The third-order valence-corrected chi connectivity index (χ3v) is 7.97. The van der Waals surface area contributed by atoms with Crippen molar-refractivity contribution < 1.29 is 27.4 Å². The maximum absolute atomic E-state index is 12.5. The smallest absolute Gasteiger partial charge is 0.410 e. The number of anilines is 1. The van der Waals surface area contributed by atoms with Crippen LogP contribution in [0.5, 0.6) is 5.75 Å². The lowest BCUT2D eigenvalue weighted by Gasteiger charge is -2.37. The summed E-state index contributed by atoms with van der Waals surface area (Å²) in [6, 6.07) is 20.2. The Bertz CT molecular complexity index is 1390. The molecule has 3 aromatic rings. The third-order valence-electron chi connectivity index (χ3n) is 6.86. The highest BCUT2D eigenvalue weighted by Crippen LogP contribution is 2.36. The second-order valence-electron chi connectivity index (χ2n) is 9.51. The number of nitrogens with two attached hydrogens (primary N) is 1. The molecule has 1 saturated heterocycles. The van der Waals surface area contributed by atoms with Crippen molar-refractivity contribution in [1.29, 1.82) is 0 Å². The molecule has 0 radical (unpaired) electrons. The van der Waals surface area contributed by atoms with E-state index in [1.807, 2.05) is 48.5 Å². The molecule has 1 fully saturated rings. The number of hydrogen-bond donors (Lipinski definition) is 1. The number of carbonyl (C=O) groups is 1. The first-order valence-electron chi connectivity index (χ1n) is 12.2. The minimum absolute atomic E-state index is 0.171. The fourth-order valence-electron chi connectivity index (χ4n) is 4.74. The van der Waals surface area contributed by atoms with Crippen molar-refractivity contribution in [1.82, 2.24) is 4.90 Å². The van der Waals surface area contributed by atoms with E-state index in [1.54, 1.807) is 17.0 Å². The van der Waals surface area contributed by atoms with E-state index in [1.165, 1.54) is 6.07 Å². The van der Waals surface area contributed by atoms with E-state index >= 15 is 0 Å². The lowest BCUT2D eigenvalue weighted by atomic mass is 9.95. The Hall–Kier alpha value is -3.56. The van der Waals surface area contributed by atoms with Crippen LogP contribution in [0.1, 0.15) is 24.0 Å². The van der Waals surface area contributed by atoms with Crippen molar-refractivity contribution in [2.45, 2.75) is 37.2 Å². The zero-order valence-electron chi connectivity index (χ0n) is 20.6. The molecule has 1 atom stereocenters. The highest BCUT2D eigenvalue weighted by Gasteiger charge is 2.33. The first-order valence-corrected chi connectivity index (χ1v) is 14.1. The third kappa shape index (κ3) is 5.73. The summed E-state index contributed by atoms with van der Waals surface area (Å²) in [6.07, 6.45) is 2.02. The van der Waals surface area contributed by atoms with Gasteiger partial charge in [0, 0.05) is 42.1 Å². The standard InChI is InChI=1S/C28H30N2O6S/c1-37(32,33)23-8-9-24(25(29)16-23)21-7-10-26-22(15-21)18-34-27(36-26)20-11-13-30(14-12-20)28(31)35-17-19-5-3-2-4-6-19/h2-10,15-16,20,27H,11-14,17-18,29H2,1H3. The molecule has 0 bridgehead atoms. The molecule has 194 valence electrons. The molecular formula is C28H30N2O6S. The largest absolute Gasteiger partial charge is 0.464 e. The van der Waals surface area contributed by atoms with Crippen LogP contribution in [0, 0.1) is 5.92 Å². The molecule has 1 unspecified atom stereocenters. The number of hydrogen-bond acceptors (Lipinski definition) is 7. The van der Waals surface area contributed by atoms with Crippen LogP contribution in [0.25, 0.3) is 11.1 Å². The van der Waals surface area contributed by atoms with Gasteiger partial charge in [-0.3, -0.25) is 0 Å². The second kappa shape index (κ2) is 10.4. The van der Waals surface area contributed by atoms with Crippen molar-refractivity contribution >= 4 is 21.6 Å². The van der Waals surface area contributed by atoms with E-state index in [9.17, 15) is 13.2 Å². The van der Waals surface area contributed by atoms with Crippen LogP contribution in [0.3, 0.4) is 0 Å². The van der Waals surface area contributed by atoms with Crippen molar-refractivity contribution in [3.05, 3.63) is 77.9 Å². The van der Waals surface area contributed by atoms with Gasteiger partial charge in [-0.15, -0.1) is 0 Å². The molecule has 8 nitrogen and oxygen atoms in total. The number of nitrogens with zero attached hydrogens (tertiary/aromatic N) is 1. The van der Waals surface area contributed by atoms with Gasteiger partial charge in [0.15, 0.2) is 9.84 Å². The Morgan fingerprint density at radius 3 is 2.51 bits per heavy atom. The number of benzene rings is 3. The Kier molecular flexibility index (Phi) is 7.08. The molecule has 3 aromatic carbocycles. The minimum atomic E-state index is -3.33. The number of carbonyl (C=O) groups excluding carboxylic acids is 1. The van der Waals surface area contributed by atoms with Crippen molar-refractivity contribution in [2.75, 3.05) is 25.1 Å². The van der Waals surface area contributed by atoms with Gasteiger partial charge in [-0.25, -0.2) is 13.2 Å². The van der Waals surface area contributed by atoms with E-state index in [2.05, 4.69) is 0 Å². The molecule has 37 heavy (non-hydrogen) atoms. The molecule has 0 saturated carbocycles. The zero-order chi connectivity index (χ0) is 26.0. The van der Waals surface area contributed by atoms with Crippen LogP contribution < -0.4 is 10.5 Å². The Morgan fingerprint density at radius 1 is 1.05 bits per heavy atom. The van der Waals surface area contributed by atoms with Gasteiger partial charge >= 0.3 is 6.09 Å². The fraction of sp³-hybridized carbons (Fsp3) is 0.321. The van der Waals surface area contributed by atoms with E-state index in [-0.39, 0.29) is 29.8 Å². The quantitative estimate of drug-likeness (QED) is 0.487. The van der Waals surface area contributed by atoms with E-state index in [4.69, 9.17) is 19.9 Å². The van der Waals surface area contributed by atoms with Crippen LogP contribution >= 0.6 is 0 Å². The molecule has 2 aliphatic rings. The van der Waals surface area contributed by atoms with Crippen molar-refractivity contribution in [2.24, 2.45) is 5.92 Å². The van der Waals surface area contributed by atoms with Crippen LogP contribution in [0.15, 0.2) is 71.6 Å². The summed E-state index contributed by atoms with van der Waals surface area (Å²) in [5.41, 5.74) is 10.0. The maximum Gasteiger partial charge on any atom is 0.410 e. The van der Waals surface area contributed by atoms with Gasteiger partial charge in [-0.05, 0) is 48.2 Å². The number of likely N-dealkylation sites (tertiary alicyclic amines) is 1. The van der Waals surface area contributed by atoms with Crippen molar-refractivity contribution in [3.63, 3.8) is 0 Å². The van der Waals surface area contributed by atoms with Crippen LogP contribution in [0.4, 0.5) is 10.5 Å². The summed E-state index contributed by atoms with van der Waals surface area (Å²) in [5, 5.41) is 0. The lowest BCUT2D eigenvalue weighted by molar-refractivity contribution is -0.148. The Balaban J connectivity index is 1.17. The molecule has 0 aliphatic carbocycles. The predicted octanol–water partition coefficient (Wildman–Crippen LogP) is 4.62. The minimum Gasteiger partial charge on any atom is -0.464 e. The normalized spacial score (nSPS) is 18.1. The van der Waals surface area contributed by atoms with Crippen LogP contribution in [0.2, 0.25) is 0 Å². The maximum atomic E-state index is 12.5. The second-order valence-corrected chi connectivity index (χ2v) is 11.5. The molecule has 2 heterocycles. The van der Waals surface area contributed by atoms with E-state index in [0.29, 0.717) is 25.4 Å². The summed E-state index contributed by atoms with van der Waals surface area (Å²) in [4.78, 5) is 14.4. The number of amides is 1. The molecular weight excluding hydrogens is 492 g/mol. The summed E-state index contributed by atoms with van der Waals surface area (Å²) >= 11 is 0. The SMILES string of the molecule is CS(=O)(=O)c1ccc(-c2ccc3c(c2)COC(C2CCN(C(=O)OCc4ccccc4)CC2)O3)c(N)c1. The summed E-state index contributed by atoms with van der Waals surface area (Å²) in [5.74, 6) is 0.932. The fourth-order valence-corrected chi connectivity index (χ4v) is 5.39. The topological polar surface area (TPSA) is 108 Å². The van der Waals surface area contributed by atoms with Gasteiger partial charge in [0.05, 0.1) is 11.5 Å². The number of ether oxygens (including phenoxy) is 3. The summed E-state index contributed by atoms with van der Waals surface area (Å²) < 4.78 is 41.3. The average molecular weight is 523 g/mol. The van der Waals surface area contributed by atoms with E-state index < -0.39 is 9.84 Å². The molecule has 2 N–H and O–H groups in total. The molecule has 1 amide bonds. The van der Waals surface area contributed by atoms with Crippen LogP contribution in [-0.2, 0) is 32.5 Å². The molecule has 5 rings (SSSR count). The van der Waals surface area contributed by atoms with E-state index in [0.717, 1.165) is 47.1 Å². The number of piperidine rings is 1. The molecule has 0 aromatic heterocycles. The average Bonchev–Trinajstić information content (AvgIpc) is 2.91. The zero-order valence-corrected chi connectivity index (χ0v) is 21.4. The highest BCUT2D eigenvalue weighted by molar-refractivity contribution is 7.90. The van der Waals surface area contributed by atoms with Gasteiger partial charge in [0.25, 0.3) is 0 Å².